The van der Waals surface area contributed by atoms with Gasteiger partial charge in [-0.3, -0.25) is 9.59 Å². The molecule has 2 atom stereocenters. The Bertz CT molecular complexity index is 1090. The third-order valence-electron chi connectivity index (χ3n) is 14.7. The summed E-state index contributed by atoms with van der Waals surface area (Å²) in [5.41, 5.74) is 0. The number of rotatable bonds is 59. The van der Waals surface area contributed by atoms with Crippen molar-refractivity contribution < 1.29 is 24.5 Å². The predicted octanol–water partition coefficient (Wildman–Crippen LogP) is 19.8. The second-order valence-corrected chi connectivity index (χ2v) is 21.7. The number of aliphatic hydroxyl groups excluding tert-OH is 2. The van der Waals surface area contributed by atoms with Gasteiger partial charge in [0.25, 0.3) is 0 Å². The van der Waals surface area contributed by atoms with Crippen LogP contribution < -0.4 is 5.32 Å². The molecule has 0 aliphatic carbocycles. The number of esters is 1. The first-order chi connectivity index (χ1) is 34.5. The molecule has 0 bridgehead atoms. The fourth-order valence-electron chi connectivity index (χ4n) is 9.87. The molecule has 0 saturated heterocycles. The Balaban J connectivity index is 3.36. The van der Waals surface area contributed by atoms with E-state index in [2.05, 4.69) is 31.3 Å². The maximum Gasteiger partial charge on any atom is 0.305 e. The van der Waals surface area contributed by atoms with Gasteiger partial charge in [-0.15, -0.1) is 0 Å². The Morgan fingerprint density at radius 3 is 1.01 bits per heavy atom. The Kier molecular flexibility index (Phi) is 58.5. The van der Waals surface area contributed by atoms with Gasteiger partial charge in [-0.2, -0.15) is 0 Å². The molecule has 0 aliphatic rings. The van der Waals surface area contributed by atoms with E-state index >= 15 is 0 Å². The lowest BCUT2D eigenvalue weighted by atomic mass is 10.0. The van der Waals surface area contributed by atoms with Crippen LogP contribution in [-0.2, 0) is 14.3 Å². The van der Waals surface area contributed by atoms with Crippen LogP contribution in [0.3, 0.4) is 0 Å². The van der Waals surface area contributed by atoms with E-state index in [-0.39, 0.29) is 18.5 Å². The zero-order chi connectivity index (χ0) is 50.7. The van der Waals surface area contributed by atoms with Gasteiger partial charge in [-0.1, -0.05) is 301 Å². The minimum Gasteiger partial charge on any atom is -0.466 e. The molecule has 0 rings (SSSR count). The largest absolute Gasteiger partial charge is 0.466 e. The average Bonchev–Trinajstić information content (AvgIpc) is 3.36. The summed E-state index contributed by atoms with van der Waals surface area (Å²) in [6, 6.07) is -0.625. The van der Waals surface area contributed by atoms with E-state index in [1.165, 1.54) is 283 Å². The van der Waals surface area contributed by atoms with Crippen molar-refractivity contribution in [2.75, 3.05) is 13.2 Å². The van der Waals surface area contributed by atoms with E-state index in [9.17, 15) is 19.8 Å². The highest BCUT2D eigenvalue weighted by Gasteiger charge is 2.18. The van der Waals surface area contributed by atoms with Crippen molar-refractivity contribution >= 4 is 11.9 Å². The van der Waals surface area contributed by atoms with Crippen LogP contribution >= 0.6 is 0 Å². The third-order valence-corrected chi connectivity index (χ3v) is 14.7. The first-order valence-corrected chi connectivity index (χ1v) is 31.6. The molecule has 2 unspecified atom stereocenters. The van der Waals surface area contributed by atoms with Crippen LogP contribution in [0.4, 0.5) is 0 Å². The zero-order valence-electron chi connectivity index (χ0n) is 47.3. The zero-order valence-corrected chi connectivity index (χ0v) is 47.3. The fraction of sp³-hybridized carbons (Fsp3) is 0.906. The molecule has 0 spiro atoms. The smallest absolute Gasteiger partial charge is 0.305 e. The standard InChI is InChI=1S/C64H123NO5/c1-3-5-7-9-11-13-15-33-38-42-46-50-54-58-64(69)70-59-55-51-47-43-39-35-32-30-28-26-24-22-20-18-16-17-19-21-23-25-27-29-31-34-37-41-45-49-53-57-63(68)65-61(60-66)62(67)56-52-48-44-40-36-14-12-10-8-6-4-2/h16,18,52,56,61-62,66-67H,3-15,17,19-51,53-55,57-60H2,1-2H3,(H,65,68)/b18-16-,56-52+. The molecule has 70 heavy (non-hydrogen) atoms. The van der Waals surface area contributed by atoms with Crippen LogP contribution in [0.1, 0.15) is 348 Å². The Morgan fingerprint density at radius 1 is 0.386 bits per heavy atom. The van der Waals surface area contributed by atoms with Crippen LogP contribution in [-0.4, -0.2) is 47.4 Å². The molecule has 6 heteroatoms. The summed E-state index contributed by atoms with van der Waals surface area (Å²) in [6.45, 7) is 4.91. The summed E-state index contributed by atoms with van der Waals surface area (Å²) in [6.07, 6.45) is 73.8. The van der Waals surface area contributed by atoms with Crippen LogP contribution in [0.15, 0.2) is 24.3 Å². The highest BCUT2D eigenvalue weighted by molar-refractivity contribution is 5.76. The van der Waals surface area contributed by atoms with Crippen molar-refractivity contribution in [1.82, 2.24) is 5.32 Å². The minimum absolute atomic E-state index is 0.0179. The van der Waals surface area contributed by atoms with E-state index in [0.717, 1.165) is 38.5 Å². The first kappa shape index (κ1) is 68.3. The molecule has 6 nitrogen and oxygen atoms in total. The van der Waals surface area contributed by atoms with E-state index in [4.69, 9.17) is 4.74 Å². The maximum absolute atomic E-state index is 12.4. The molecule has 0 aliphatic heterocycles. The van der Waals surface area contributed by atoms with Crippen molar-refractivity contribution in [2.45, 2.75) is 360 Å². The molecule has 1 amide bonds. The summed E-state index contributed by atoms with van der Waals surface area (Å²) in [5.74, 6) is -0.0495. The summed E-state index contributed by atoms with van der Waals surface area (Å²) in [4.78, 5) is 24.5. The summed E-state index contributed by atoms with van der Waals surface area (Å²) in [5, 5.41) is 23.0. The van der Waals surface area contributed by atoms with Crippen LogP contribution in [0, 0.1) is 0 Å². The number of nitrogens with one attached hydrogen (secondary N) is 1. The van der Waals surface area contributed by atoms with Gasteiger partial charge in [0, 0.05) is 12.8 Å². The third kappa shape index (κ3) is 55.7. The quantitative estimate of drug-likeness (QED) is 0.0321. The van der Waals surface area contributed by atoms with E-state index < -0.39 is 12.1 Å². The van der Waals surface area contributed by atoms with Crippen molar-refractivity contribution in [1.29, 1.82) is 0 Å². The van der Waals surface area contributed by atoms with E-state index in [1.807, 2.05) is 6.08 Å². The highest BCUT2D eigenvalue weighted by Crippen LogP contribution is 2.17. The van der Waals surface area contributed by atoms with Crippen LogP contribution in [0.25, 0.3) is 0 Å². The SMILES string of the molecule is CCCCCCCCCCC/C=C/C(O)C(CO)NC(=O)CCCCCCCCCCCCCCC/C=C\CCCCCCCCCCCCCCOC(=O)CCCCCCCCCCCCCCC. The van der Waals surface area contributed by atoms with E-state index in [0.29, 0.717) is 19.4 Å². The lowest BCUT2D eigenvalue weighted by Crippen LogP contribution is -2.45. The molecule has 0 aromatic heterocycles. The minimum atomic E-state index is -0.842. The second kappa shape index (κ2) is 59.9. The topological polar surface area (TPSA) is 95.9 Å². The van der Waals surface area contributed by atoms with Crippen LogP contribution in [0.2, 0.25) is 0 Å². The molecular formula is C64H123NO5. The molecule has 0 aromatic rings. The number of aliphatic hydroxyl groups is 2. The summed E-state index contributed by atoms with van der Waals surface area (Å²) < 4.78 is 5.48. The molecule has 3 N–H and O–H groups in total. The van der Waals surface area contributed by atoms with Gasteiger partial charge in [0.05, 0.1) is 25.4 Å². The lowest BCUT2D eigenvalue weighted by molar-refractivity contribution is -0.143. The second-order valence-electron chi connectivity index (χ2n) is 21.7. The monoisotopic (exact) mass is 986 g/mol. The van der Waals surface area contributed by atoms with Gasteiger partial charge in [-0.25, -0.2) is 0 Å². The summed E-state index contributed by atoms with van der Waals surface area (Å²) >= 11 is 0. The molecule has 414 valence electrons. The number of hydrogen-bond acceptors (Lipinski definition) is 5. The highest BCUT2D eigenvalue weighted by atomic mass is 16.5. The molecule has 0 heterocycles. The average molecular weight is 987 g/mol. The number of carbonyl (C=O) groups excluding carboxylic acids is 2. The van der Waals surface area contributed by atoms with Gasteiger partial charge in [-0.05, 0) is 57.8 Å². The van der Waals surface area contributed by atoms with Gasteiger partial charge in [0.15, 0.2) is 0 Å². The van der Waals surface area contributed by atoms with Gasteiger partial charge in [0.2, 0.25) is 5.91 Å². The fourth-order valence-corrected chi connectivity index (χ4v) is 9.87. The number of unbranched alkanes of at least 4 members (excludes halogenated alkanes) is 46. The predicted molar refractivity (Wildman–Crippen MR) is 306 cm³/mol. The molecule has 0 saturated carbocycles. The molecule has 0 radical (unpaired) electrons. The maximum atomic E-state index is 12.4. The van der Waals surface area contributed by atoms with Crippen molar-refractivity contribution in [3.05, 3.63) is 24.3 Å². The first-order valence-electron chi connectivity index (χ1n) is 31.6. The molecule has 0 aromatic carbocycles. The number of amides is 1. The number of allylic oxidation sites excluding steroid dienone is 3. The van der Waals surface area contributed by atoms with E-state index in [1.54, 1.807) is 6.08 Å². The number of hydrogen-bond donors (Lipinski definition) is 3. The number of ether oxygens (including phenoxy) is 1. The molecule has 0 fully saturated rings. The lowest BCUT2D eigenvalue weighted by Gasteiger charge is -2.20. The van der Waals surface area contributed by atoms with Gasteiger partial charge in [0.1, 0.15) is 0 Å². The molecular weight excluding hydrogens is 863 g/mol. The van der Waals surface area contributed by atoms with Crippen LogP contribution in [0.5, 0.6) is 0 Å². The van der Waals surface area contributed by atoms with Crippen molar-refractivity contribution in [3.8, 4) is 0 Å². The Morgan fingerprint density at radius 2 is 0.671 bits per heavy atom. The normalized spacial score (nSPS) is 12.7. The Hall–Kier alpha value is -1.66. The Labute approximate surface area is 437 Å². The number of carbonyl (C=O) groups is 2. The van der Waals surface area contributed by atoms with Crippen molar-refractivity contribution in [2.24, 2.45) is 0 Å². The van der Waals surface area contributed by atoms with Gasteiger partial charge < -0.3 is 20.3 Å². The van der Waals surface area contributed by atoms with Crippen molar-refractivity contribution in [3.63, 3.8) is 0 Å². The summed E-state index contributed by atoms with van der Waals surface area (Å²) in [7, 11) is 0. The van der Waals surface area contributed by atoms with Gasteiger partial charge >= 0.3 is 5.97 Å².